The zero-order valence-corrected chi connectivity index (χ0v) is 18.9. The Balaban J connectivity index is 1.43. The van der Waals surface area contributed by atoms with Crippen LogP contribution in [0.25, 0.3) is 10.9 Å². The van der Waals surface area contributed by atoms with Gasteiger partial charge in [-0.05, 0) is 31.0 Å². The summed E-state index contributed by atoms with van der Waals surface area (Å²) < 4.78 is 7.15. The fourth-order valence-electron chi connectivity index (χ4n) is 4.74. The van der Waals surface area contributed by atoms with Crippen LogP contribution in [0.3, 0.4) is 0 Å². The highest BCUT2D eigenvalue weighted by Gasteiger charge is 2.38. The molecule has 0 radical (unpaired) electrons. The molecule has 0 saturated carbocycles. The Hall–Kier alpha value is -2.39. The minimum Gasteiger partial charge on any atom is -0.378 e. The summed E-state index contributed by atoms with van der Waals surface area (Å²) in [6.07, 6.45) is 5.07. The van der Waals surface area contributed by atoms with Crippen LogP contribution in [0.15, 0.2) is 23.0 Å². The molecule has 5 rings (SSSR count). The van der Waals surface area contributed by atoms with Gasteiger partial charge < -0.3 is 14.5 Å². The van der Waals surface area contributed by atoms with Crippen LogP contribution in [-0.4, -0.2) is 75.1 Å². The van der Waals surface area contributed by atoms with Gasteiger partial charge in [-0.15, -0.1) is 11.8 Å². The highest BCUT2D eigenvalue weighted by atomic mass is 32.2. The molecule has 0 spiro atoms. The van der Waals surface area contributed by atoms with E-state index in [1.165, 1.54) is 0 Å². The number of carbonyl (C=O) groups is 2. The number of benzene rings is 1. The molecule has 3 aliphatic heterocycles. The first-order valence-corrected chi connectivity index (χ1v) is 12.6. The molecular formula is C23H28N4O4S. The molecule has 2 saturated heterocycles. The highest BCUT2D eigenvalue weighted by molar-refractivity contribution is 7.99. The van der Waals surface area contributed by atoms with Crippen molar-refractivity contribution in [2.75, 3.05) is 37.9 Å². The summed E-state index contributed by atoms with van der Waals surface area (Å²) in [5.74, 6) is 1.70. The van der Waals surface area contributed by atoms with Crippen molar-refractivity contribution in [1.29, 1.82) is 0 Å². The lowest BCUT2D eigenvalue weighted by Gasteiger charge is -2.32. The third-order valence-electron chi connectivity index (χ3n) is 6.56. The molecule has 32 heavy (non-hydrogen) atoms. The molecule has 1 aromatic carbocycles. The number of rotatable bonds is 2. The van der Waals surface area contributed by atoms with E-state index in [0.717, 1.165) is 37.9 Å². The van der Waals surface area contributed by atoms with Crippen molar-refractivity contribution >= 4 is 34.5 Å². The first kappa shape index (κ1) is 21.5. The van der Waals surface area contributed by atoms with Gasteiger partial charge in [0, 0.05) is 37.4 Å². The maximum Gasteiger partial charge on any atom is 0.261 e. The summed E-state index contributed by atoms with van der Waals surface area (Å²) in [4.78, 5) is 47.7. The van der Waals surface area contributed by atoms with Gasteiger partial charge in [0.1, 0.15) is 11.9 Å². The SMILES string of the molecule is O=C([C@H]1CSCN1C(=O)c1ccc2c(=O)n3c(nc2c1)CCCCCC3)N1CCOCC1. The second-order valence-electron chi connectivity index (χ2n) is 8.61. The Morgan fingerprint density at radius 2 is 1.88 bits per heavy atom. The van der Waals surface area contributed by atoms with E-state index < -0.39 is 6.04 Å². The van der Waals surface area contributed by atoms with Crippen LogP contribution >= 0.6 is 11.8 Å². The van der Waals surface area contributed by atoms with E-state index in [0.29, 0.717) is 60.9 Å². The first-order valence-electron chi connectivity index (χ1n) is 11.4. The third-order valence-corrected chi connectivity index (χ3v) is 7.58. The van der Waals surface area contributed by atoms with Gasteiger partial charge >= 0.3 is 0 Å². The van der Waals surface area contributed by atoms with Gasteiger partial charge in [-0.25, -0.2) is 4.98 Å². The van der Waals surface area contributed by atoms with E-state index in [-0.39, 0.29) is 17.4 Å². The van der Waals surface area contributed by atoms with Gasteiger partial charge in [0.15, 0.2) is 0 Å². The topological polar surface area (TPSA) is 84.7 Å². The molecule has 1 atom stereocenters. The molecule has 2 amide bonds. The Bertz CT molecular complexity index is 1100. The Labute approximate surface area is 190 Å². The second-order valence-corrected chi connectivity index (χ2v) is 9.61. The monoisotopic (exact) mass is 456 g/mol. The highest BCUT2D eigenvalue weighted by Crippen LogP contribution is 2.26. The Morgan fingerprint density at radius 1 is 1.06 bits per heavy atom. The molecule has 2 fully saturated rings. The number of ether oxygens (including phenoxy) is 1. The molecular weight excluding hydrogens is 428 g/mol. The van der Waals surface area contributed by atoms with Crippen LogP contribution in [0.4, 0.5) is 0 Å². The number of nitrogens with zero attached hydrogens (tertiary/aromatic N) is 4. The predicted octanol–water partition coefficient (Wildman–Crippen LogP) is 1.89. The van der Waals surface area contributed by atoms with Crippen LogP contribution in [0, 0.1) is 0 Å². The molecule has 170 valence electrons. The summed E-state index contributed by atoms with van der Waals surface area (Å²) in [7, 11) is 0. The van der Waals surface area contributed by atoms with Crippen molar-refractivity contribution in [3.8, 4) is 0 Å². The normalized spacial score (nSPS) is 21.8. The molecule has 8 nitrogen and oxygen atoms in total. The number of amides is 2. The zero-order chi connectivity index (χ0) is 22.1. The first-order chi connectivity index (χ1) is 15.6. The second kappa shape index (κ2) is 9.23. The van der Waals surface area contributed by atoms with Crippen LogP contribution < -0.4 is 5.56 Å². The van der Waals surface area contributed by atoms with Crippen molar-refractivity contribution in [3.05, 3.63) is 39.9 Å². The molecule has 0 unspecified atom stereocenters. The van der Waals surface area contributed by atoms with Crippen LogP contribution in [-0.2, 0) is 22.5 Å². The fourth-order valence-corrected chi connectivity index (χ4v) is 5.88. The van der Waals surface area contributed by atoms with Gasteiger partial charge in [0.2, 0.25) is 5.91 Å². The van der Waals surface area contributed by atoms with Crippen LogP contribution in [0.2, 0.25) is 0 Å². The zero-order valence-electron chi connectivity index (χ0n) is 18.1. The lowest BCUT2D eigenvalue weighted by atomic mass is 10.1. The molecule has 0 N–H and O–H groups in total. The van der Waals surface area contributed by atoms with Gasteiger partial charge in [-0.2, -0.15) is 0 Å². The molecule has 3 aliphatic rings. The number of hydrogen-bond acceptors (Lipinski definition) is 6. The van der Waals surface area contributed by atoms with Gasteiger partial charge in [-0.1, -0.05) is 12.8 Å². The Kier molecular flexibility index (Phi) is 6.19. The molecule has 0 aliphatic carbocycles. The summed E-state index contributed by atoms with van der Waals surface area (Å²) in [6.45, 7) is 2.91. The van der Waals surface area contributed by atoms with Crippen molar-refractivity contribution in [1.82, 2.24) is 19.4 Å². The van der Waals surface area contributed by atoms with E-state index in [9.17, 15) is 14.4 Å². The Morgan fingerprint density at radius 3 is 2.72 bits per heavy atom. The molecule has 4 heterocycles. The summed E-state index contributed by atoms with van der Waals surface area (Å²) >= 11 is 1.59. The number of hydrogen-bond donors (Lipinski definition) is 0. The number of carbonyl (C=O) groups excluding carboxylic acids is 2. The number of aryl methyl sites for hydroxylation is 1. The van der Waals surface area contributed by atoms with E-state index >= 15 is 0 Å². The van der Waals surface area contributed by atoms with Crippen molar-refractivity contribution < 1.29 is 14.3 Å². The standard InChI is InChI=1S/C23H28N4O4S/c28-21(27-15-32-14-19(27)23(30)25-9-11-31-12-10-25)16-6-7-17-18(13-16)24-20-5-3-1-2-4-8-26(20)22(17)29/h6-7,13,19H,1-5,8-12,14-15H2/t19-/m1/s1. The quantitative estimate of drug-likeness (QED) is 0.686. The number of morpholine rings is 1. The average molecular weight is 457 g/mol. The lowest BCUT2D eigenvalue weighted by molar-refractivity contribution is -0.138. The van der Waals surface area contributed by atoms with Gasteiger partial charge in [-0.3, -0.25) is 19.0 Å². The fraction of sp³-hybridized carbons (Fsp3) is 0.565. The largest absolute Gasteiger partial charge is 0.378 e. The lowest BCUT2D eigenvalue weighted by Crippen LogP contribution is -2.52. The van der Waals surface area contributed by atoms with Gasteiger partial charge in [0.25, 0.3) is 11.5 Å². The van der Waals surface area contributed by atoms with Gasteiger partial charge in [0.05, 0.1) is 30.0 Å². The maximum absolute atomic E-state index is 13.4. The number of aromatic nitrogens is 2. The molecule has 2 aromatic rings. The third kappa shape index (κ3) is 4.03. The summed E-state index contributed by atoms with van der Waals surface area (Å²) in [6, 6.07) is 4.67. The molecule has 9 heteroatoms. The average Bonchev–Trinajstić information content (AvgIpc) is 3.29. The van der Waals surface area contributed by atoms with Crippen LogP contribution in [0.5, 0.6) is 0 Å². The summed E-state index contributed by atoms with van der Waals surface area (Å²) in [5.41, 5.74) is 1.01. The van der Waals surface area contributed by atoms with Crippen molar-refractivity contribution in [3.63, 3.8) is 0 Å². The van der Waals surface area contributed by atoms with E-state index in [1.54, 1.807) is 44.3 Å². The van der Waals surface area contributed by atoms with E-state index in [2.05, 4.69) is 0 Å². The minimum absolute atomic E-state index is 0.00908. The van der Waals surface area contributed by atoms with Crippen LogP contribution in [0.1, 0.15) is 41.9 Å². The smallest absolute Gasteiger partial charge is 0.261 e. The maximum atomic E-state index is 13.4. The predicted molar refractivity (Wildman–Crippen MR) is 123 cm³/mol. The van der Waals surface area contributed by atoms with E-state index in [4.69, 9.17) is 9.72 Å². The van der Waals surface area contributed by atoms with Crippen molar-refractivity contribution in [2.24, 2.45) is 0 Å². The van der Waals surface area contributed by atoms with E-state index in [1.807, 2.05) is 0 Å². The molecule has 0 bridgehead atoms. The minimum atomic E-state index is -0.462. The molecule has 1 aromatic heterocycles. The summed E-state index contributed by atoms with van der Waals surface area (Å²) in [5, 5.41) is 0.544. The number of fused-ring (bicyclic) bond motifs is 2. The number of thioether (sulfide) groups is 1. The van der Waals surface area contributed by atoms with Crippen molar-refractivity contribution in [2.45, 2.75) is 44.7 Å².